The molecule has 0 N–H and O–H groups in total. The van der Waals surface area contributed by atoms with Crippen molar-refractivity contribution in [3.63, 3.8) is 0 Å². The SMILES string of the molecule is Cc1cnn(-c2ccccn2)c1C1CCCC1. The molecule has 17 heavy (non-hydrogen) atoms. The fourth-order valence-electron chi connectivity index (χ4n) is 2.80. The molecule has 0 saturated heterocycles. The molecule has 0 aliphatic heterocycles. The monoisotopic (exact) mass is 227 g/mol. The van der Waals surface area contributed by atoms with Crippen LogP contribution in [0.5, 0.6) is 0 Å². The van der Waals surface area contributed by atoms with Crippen molar-refractivity contribution in [1.82, 2.24) is 14.8 Å². The van der Waals surface area contributed by atoms with Crippen molar-refractivity contribution in [2.75, 3.05) is 0 Å². The minimum atomic E-state index is 0.666. The largest absolute Gasteiger partial charge is 0.237 e. The summed E-state index contributed by atoms with van der Waals surface area (Å²) in [7, 11) is 0. The van der Waals surface area contributed by atoms with E-state index in [1.54, 1.807) is 0 Å². The fraction of sp³-hybridized carbons (Fsp3) is 0.429. The molecule has 0 radical (unpaired) electrons. The molecule has 3 rings (SSSR count). The van der Waals surface area contributed by atoms with Gasteiger partial charge < -0.3 is 0 Å². The second kappa shape index (κ2) is 4.32. The molecule has 2 aromatic rings. The Labute approximate surface area is 101 Å². The maximum absolute atomic E-state index is 4.48. The lowest BCUT2D eigenvalue weighted by Crippen LogP contribution is -2.07. The normalized spacial score (nSPS) is 16.5. The summed E-state index contributed by atoms with van der Waals surface area (Å²) in [5, 5.41) is 4.48. The Morgan fingerprint density at radius 2 is 2.06 bits per heavy atom. The Kier molecular flexibility index (Phi) is 2.67. The molecule has 0 amide bonds. The van der Waals surface area contributed by atoms with Gasteiger partial charge in [0.2, 0.25) is 0 Å². The molecular weight excluding hydrogens is 210 g/mol. The van der Waals surface area contributed by atoms with E-state index < -0.39 is 0 Å². The van der Waals surface area contributed by atoms with Gasteiger partial charge in [-0.3, -0.25) is 0 Å². The first kappa shape index (κ1) is 10.5. The predicted molar refractivity (Wildman–Crippen MR) is 67.3 cm³/mol. The van der Waals surface area contributed by atoms with E-state index in [1.807, 2.05) is 35.3 Å². The third-order valence-corrected chi connectivity index (χ3v) is 3.61. The van der Waals surface area contributed by atoms with Crippen LogP contribution in [0.2, 0.25) is 0 Å². The molecule has 3 heteroatoms. The van der Waals surface area contributed by atoms with E-state index >= 15 is 0 Å². The van der Waals surface area contributed by atoms with E-state index in [0.717, 1.165) is 5.82 Å². The van der Waals surface area contributed by atoms with Crippen LogP contribution in [0.25, 0.3) is 5.82 Å². The summed E-state index contributed by atoms with van der Waals surface area (Å²) in [6.45, 7) is 2.15. The minimum Gasteiger partial charge on any atom is -0.237 e. The number of pyridine rings is 1. The first-order valence-electron chi connectivity index (χ1n) is 6.32. The van der Waals surface area contributed by atoms with Crippen LogP contribution in [0.15, 0.2) is 30.6 Å². The van der Waals surface area contributed by atoms with Gasteiger partial charge in [0, 0.05) is 12.1 Å². The molecule has 2 heterocycles. The predicted octanol–water partition coefficient (Wildman–Crippen LogP) is 3.23. The highest BCUT2D eigenvalue weighted by atomic mass is 15.3. The summed E-state index contributed by atoms with van der Waals surface area (Å²) in [6.07, 6.45) is 9.06. The summed E-state index contributed by atoms with van der Waals surface area (Å²) in [5.41, 5.74) is 2.66. The number of rotatable bonds is 2. The first-order valence-corrected chi connectivity index (χ1v) is 6.32. The molecule has 1 aliphatic carbocycles. The maximum atomic E-state index is 4.48. The van der Waals surface area contributed by atoms with Gasteiger partial charge in [0.05, 0.1) is 11.9 Å². The van der Waals surface area contributed by atoms with E-state index in [0.29, 0.717) is 5.92 Å². The average molecular weight is 227 g/mol. The Bertz CT molecular complexity index is 495. The van der Waals surface area contributed by atoms with Crippen LogP contribution in [0.4, 0.5) is 0 Å². The van der Waals surface area contributed by atoms with E-state index in [1.165, 1.54) is 36.9 Å². The van der Waals surface area contributed by atoms with Crippen LogP contribution in [-0.4, -0.2) is 14.8 Å². The van der Waals surface area contributed by atoms with E-state index in [2.05, 4.69) is 17.0 Å². The number of hydrogen-bond donors (Lipinski definition) is 0. The lowest BCUT2D eigenvalue weighted by Gasteiger charge is -2.13. The van der Waals surface area contributed by atoms with Gasteiger partial charge in [0.25, 0.3) is 0 Å². The zero-order valence-electron chi connectivity index (χ0n) is 10.1. The Morgan fingerprint density at radius 3 is 2.76 bits per heavy atom. The summed E-state index contributed by atoms with van der Waals surface area (Å²) in [4.78, 5) is 4.39. The van der Waals surface area contributed by atoms with Crippen molar-refractivity contribution in [3.05, 3.63) is 41.9 Å². The molecular formula is C14H17N3. The lowest BCUT2D eigenvalue weighted by atomic mass is 10.0. The number of aryl methyl sites for hydroxylation is 1. The quantitative estimate of drug-likeness (QED) is 0.788. The van der Waals surface area contributed by atoms with Crippen molar-refractivity contribution < 1.29 is 0 Å². The van der Waals surface area contributed by atoms with E-state index in [-0.39, 0.29) is 0 Å². The van der Waals surface area contributed by atoms with Gasteiger partial charge in [0.15, 0.2) is 5.82 Å². The molecule has 1 fully saturated rings. The van der Waals surface area contributed by atoms with Crippen LogP contribution in [0.1, 0.15) is 42.9 Å². The van der Waals surface area contributed by atoms with Crippen molar-refractivity contribution >= 4 is 0 Å². The summed E-state index contributed by atoms with van der Waals surface area (Å²) >= 11 is 0. The average Bonchev–Trinajstić information content (AvgIpc) is 2.99. The topological polar surface area (TPSA) is 30.7 Å². The van der Waals surface area contributed by atoms with Gasteiger partial charge in [-0.15, -0.1) is 0 Å². The number of hydrogen-bond acceptors (Lipinski definition) is 2. The molecule has 0 atom stereocenters. The molecule has 88 valence electrons. The van der Waals surface area contributed by atoms with Crippen LogP contribution < -0.4 is 0 Å². The lowest BCUT2D eigenvalue weighted by molar-refractivity contribution is 0.645. The molecule has 2 aromatic heterocycles. The van der Waals surface area contributed by atoms with Gasteiger partial charge in [-0.25, -0.2) is 9.67 Å². The second-order valence-corrected chi connectivity index (χ2v) is 4.79. The third kappa shape index (κ3) is 1.86. The zero-order valence-corrected chi connectivity index (χ0v) is 10.1. The standard InChI is InChI=1S/C14H17N3/c1-11-10-16-17(13-8-4-5-9-15-13)14(11)12-6-2-3-7-12/h4-5,8-10,12H,2-3,6-7H2,1H3. The van der Waals surface area contributed by atoms with Crippen LogP contribution in [0.3, 0.4) is 0 Å². The van der Waals surface area contributed by atoms with Crippen LogP contribution in [-0.2, 0) is 0 Å². The summed E-state index contributed by atoms with van der Waals surface area (Å²) in [5.74, 6) is 1.60. The molecule has 0 spiro atoms. The molecule has 1 aliphatic rings. The molecule has 3 nitrogen and oxygen atoms in total. The highest BCUT2D eigenvalue weighted by molar-refractivity contribution is 5.30. The van der Waals surface area contributed by atoms with Gasteiger partial charge in [-0.1, -0.05) is 18.9 Å². The van der Waals surface area contributed by atoms with Gasteiger partial charge >= 0.3 is 0 Å². The Balaban J connectivity index is 2.06. The molecule has 0 unspecified atom stereocenters. The smallest absolute Gasteiger partial charge is 0.153 e. The molecule has 0 bridgehead atoms. The second-order valence-electron chi connectivity index (χ2n) is 4.79. The Hall–Kier alpha value is -1.64. The maximum Gasteiger partial charge on any atom is 0.153 e. The molecule has 0 aromatic carbocycles. The molecule has 1 saturated carbocycles. The highest BCUT2D eigenvalue weighted by Crippen LogP contribution is 2.36. The van der Waals surface area contributed by atoms with Crippen LogP contribution in [0, 0.1) is 6.92 Å². The highest BCUT2D eigenvalue weighted by Gasteiger charge is 2.23. The fourth-order valence-corrected chi connectivity index (χ4v) is 2.80. The summed E-state index contributed by atoms with van der Waals surface area (Å²) in [6, 6.07) is 5.97. The number of aromatic nitrogens is 3. The van der Waals surface area contributed by atoms with Gasteiger partial charge in [0.1, 0.15) is 0 Å². The number of nitrogens with zero attached hydrogens (tertiary/aromatic N) is 3. The Morgan fingerprint density at radius 1 is 1.24 bits per heavy atom. The van der Waals surface area contributed by atoms with Crippen molar-refractivity contribution in [2.24, 2.45) is 0 Å². The van der Waals surface area contributed by atoms with Crippen molar-refractivity contribution in [2.45, 2.75) is 38.5 Å². The van der Waals surface area contributed by atoms with Gasteiger partial charge in [-0.2, -0.15) is 5.10 Å². The van der Waals surface area contributed by atoms with E-state index in [4.69, 9.17) is 0 Å². The van der Waals surface area contributed by atoms with Crippen molar-refractivity contribution in [1.29, 1.82) is 0 Å². The minimum absolute atomic E-state index is 0.666. The van der Waals surface area contributed by atoms with Gasteiger partial charge in [-0.05, 0) is 37.5 Å². The van der Waals surface area contributed by atoms with Crippen LogP contribution >= 0.6 is 0 Å². The first-order chi connectivity index (χ1) is 8.36. The summed E-state index contributed by atoms with van der Waals surface area (Å²) < 4.78 is 2.02. The third-order valence-electron chi connectivity index (χ3n) is 3.61. The van der Waals surface area contributed by atoms with E-state index in [9.17, 15) is 0 Å². The van der Waals surface area contributed by atoms with Crippen molar-refractivity contribution in [3.8, 4) is 5.82 Å². The zero-order chi connectivity index (χ0) is 11.7.